The van der Waals surface area contributed by atoms with Crippen LogP contribution in [0.4, 0.5) is 0 Å². The van der Waals surface area contributed by atoms with Crippen LogP contribution < -0.4 is 98.3 Å². The summed E-state index contributed by atoms with van der Waals surface area (Å²) in [5.41, 5.74) is 33.7. The van der Waals surface area contributed by atoms with Crippen LogP contribution in [0.15, 0.2) is 0 Å². The van der Waals surface area contributed by atoms with Gasteiger partial charge in [0.2, 0.25) is 0 Å². The summed E-state index contributed by atoms with van der Waals surface area (Å²) < 4.78 is 2.86. The van der Waals surface area contributed by atoms with E-state index < -0.39 is 0 Å². The Morgan fingerprint density at radius 3 is 1.00 bits per heavy atom. The Morgan fingerprint density at radius 1 is 0.240 bits per heavy atom. The number of hydrogen-bond acceptors (Lipinski definition) is 1. The topological polar surface area (TPSA) is 15.8 Å². The maximum absolute atomic E-state index is 4.13. The van der Waals surface area contributed by atoms with Gasteiger partial charge in [0.1, 0.15) is 141 Å². The summed E-state index contributed by atoms with van der Waals surface area (Å²) in [6, 6.07) is 0. The molecular formula is C30H37B18NS. The van der Waals surface area contributed by atoms with Gasteiger partial charge in [0, 0.05) is 31.1 Å². The molecular weight excluding hydrogens is 601 g/mol. The van der Waals surface area contributed by atoms with Crippen LogP contribution in [0.1, 0.15) is 0 Å². The SMILES string of the molecule is Bc1c(B)c(B)c(-c2c(B)c(B)c3[nH]c4c(c(B)c(B)c5sc6c(B)c(B)c(-c7c(B)c(B)c(B)c(B)c7B)c(B)c6c54)c3c2B)c(B)c1B. The van der Waals surface area contributed by atoms with Crippen molar-refractivity contribution in [1.29, 1.82) is 0 Å². The molecule has 7 aromatic rings. The molecule has 0 amide bonds. The van der Waals surface area contributed by atoms with Crippen molar-refractivity contribution in [3.63, 3.8) is 0 Å². The Bertz CT molecular complexity index is 2690. The van der Waals surface area contributed by atoms with Gasteiger partial charge >= 0.3 is 0 Å². The fourth-order valence-electron chi connectivity index (χ4n) is 9.68. The Kier molecular flexibility index (Phi) is 8.50. The number of rotatable bonds is 2. The predicted octanol–water partition coefficient (Wildman–Crippen LogP) is -22.3. The van der Waals surface area contributed by atoms with Crippen LogP contribution in [0.25, 0.3) is 64.2 Å². The predicted molar refractivity (Wildman–Crippen MR) is 287 cm³/mol. The summed E-state index contributed by atoms with van der Waals surface area (Å²) in [5, 5.41) is 5.63. The standard InChI is InChI=1S/C30H37B18NS/c31-9-1(3-11(33)18(40)22(44)19(41)12(3)34)15(37)24(46)28-5(9)6-17(39)26(48)30-8(27(6)49-28)7-10(32)2(16(38)25(47)29(7)50-30)4-13(35)20(42)23(45)21(43)14(4)36/h49H,31-48H2. The molecule has 0 radical (unpaired) electrons. The van der Waals surface area contributed by atoms with E-state index in [1.165, 1.54) is 163 Å². The summed E-state index contributed by atoms with van der Waals surface area (Å²) in [4.78, 5) is 4.13. The fraction of sp³-hybridized carbons (Fsp3) is 0. The van der Waals surface area contributed by atoms with Crippen molar-refractivity contribution >= 4 is 293 Å². The van der Waals surface area contributed by atoms with Gasteiger partial charge in [0.15, 0.2) is 0 Å². The lowest BCUT2D eigenvalue weighted by Gasteiger charge is -2.25. The maximum Gasteiger partial charge on any atom is 0.141 e. The molecule has 0 atom stereocenters. The minimum Gasteiger partial charge on any atom is -0.354 e. The number of benzene rings is 5. The van der Waals surface area contributed by atoms with Gasteiger partial charge < -0.3 is 4.98 Å². The molecule has 1 N–H and O–H groups in total. The highest BCUT2D eigenvalue weighted by molar-refractivity contribution is 7.28. The molecule has 0 saturated carbocycles. The lowest BCUT2D eigenvalue weighted by atomic mass is 9.57. The first-order valence-corrected chi connectivity index (χ1v) is 19.2. The van der Waals surface area contributed by atoms with E-state index in [-0.39, 0.29) is 0 Å². The highest BCUT2D eigenvalue weighted by Gasteiger charge is 2.27. The first-order valence-electron chi connectivity index (χ1n) is 18.4. The fourth-order valence-corrected chi connectivity index (χ4v) is 11.2. The Balaban J connectivity index is 1.71. The molecule has 0 aliphatic rings. The zero-order valence-electron chi connectivity index (χ0n) is 33.9. The molecule has 2 aromatic heterocycles. The molecule has 20 heteroatoms. The second-order valence-electron chi connectivity index (χ2n) is 15.9. The van der Waals surface area contributed by atoms with Gasteiger partial charge in [-0.1, -0.05) is 65.6 Å². The van der Waals surface area contributed by atoms with Crippen molar-refractivity contribution < 1.29 is 0 Å². The highest BCUT2D eigenvalue weighted by atomic mass is 32.1. The summed E-state index contributed by atoms with van der Waals surface area (Å²) in [5.74, 6) is 0. The first-order chi connectivity index (χ1) is 23.4. The second-order valence-corrected chi connectivity index (χ2v) is 16.9. The highest BCUT2D eigenvalue weighted by Crippen LogP contribution is 2.37. The average molecular weight is 638 g/mol. The molecule has 2 heterocycles. The number of nitrogens with one attached hydrogen (secondary N) is 1. The van der Waals surface area contributed by atoms with Crippen LogP contribution in [-0.4, -0.2) is 146 Å². The summed E-state index contributed by atoms with van der Waals surface area (Å²) in [7, 11) is 42.0. The number of aromatic nitrogens is 1. The Morgan fingerprint density at radius 2 is 0.540 bits per heavy atom. The number of fused-ring (bicyclic) bond motifs is 7. The minimum atomic E-state index is 1.29. The van der Waals surface area contributed by atoms with E-state index in [1.54, 1.807) is 0 Å². The van der Waals surface area contributed by atoms with Crippen LogP contribution in [0.2, 0.25) is 0 Å². The van der Waals surface area contributed by atoms with E-state index in [2.05, 4.69) is 146 Å². The van der Waals surface area contributed by atoms with E-state index in [9.17, 15) is 0 Å². The zero-order chi connectivity index (χ0) is 36.7. The molecule has 0 saturated heterocycles. The van der Waals surface area contributed by atoms with Gasteiger partial charge in [-0.3, -0.25) is 0 Å². The van der Waals surface area contributed by atoms with Crippen LogP contribution in [-0.2, 0) is 0 Å². The number of aromatic amines is 1. The molecule has 0 fully saturated rings. The molecule has 7 rings (SSSR count). The number of hydrogen-bond donors (Lipinski definition) is 1. The Hall–Kier alpha value is -2.71. The molecule has 222 valence electrons. The van der Waals surface area contributed by atoms with Crippen molar-refractivity contribution in [3.05, 3.63) is 0 Å². The van der Waals surface area contributed by atoms with Crippen molar-refractivity contribution in [3.8, 4) is 22.3 Å². The molecule has 1 nitrogen and oxygen atoms in total. The van der Waals surface area contributed by atoms with Gasteiger partial charge in [-0.05, 0) is 27.6 Å². The summed E-state index contributed by atoms with van der Waals surface area (Å²) in [6.07, 6.45) is 0. The molecule has 0 spiro atoms. The molecule has 50 heavy (non-hydrogen) atoms. The van der Waals surface area contributed by atoms with Crippen molar-refractivity contribution in [2.45, 2.75) is 0 Å². The largest absolute Gasteiger partial charge is 0.354 e. The smallest absolute Gasteiger partial charge is 0.141 e. The van der Waals surface area contributed by atoms with Crippen LogP contribution >= 0.6 is 11.3 Å². The first kappa shape index (κ1) is 35.7. The van der Waals surface area contributed by atoms with Gasteiger partial charge in [0.25, 0.3) is 0 Å². The average Bonchev–Trinajstić information content (AvgIpc) is 3.69. The van der Waals surface area contributed by atoms with Gasteiger partial charge in [0.05, 0.1) is 5.52 Å². The Labute approximate surface area is 318 Å². The molecule has 5 aromatic carbocycles. The molecule has 0 aliphatic carbocycles. The minimum absolute atomic E-state index is 1.29. The zero-order valence-corrected chi connectivity index (χ0v) is 34.7. The van der Waals surface area contributed by atoms with Crippen LogP contribution in [0, 0.1) is 0 Å². The second kappa shape index (κ2) is 11.9. The summed E-state index contributed by atoms with van der Waals surface area (Å²) >= 11 is 2.00. The van der Waals surface area contributed by atoms with E-state index in [1.807, 2.05) is 11.3 Å². The monoisotopic (exact) mass is 641 g/mol. The lowest BCUT2D eigenvalue weighted by Crippen LogP contribution is -2.56. The maximum atomic E-state index is 4.13. The van der Waals surface area contributed by atoms with Crippen molar-refractivity contribution in [2.24, 2.45) is 0 Å². The third-order valence-corrected chi connectivity index (χ3v) is 15.5. The third kappa shape index (κ3) is 4.45. The molecule has 0 unspecified atom stereocenters. The van der Waals surface area contributed by atoms with E-state index in [0.29, 0.717) is 0 Å². The molecule has 0 bridgehead atoms. The van der Waals surface area contributed by atoms with Gasteiger partial charge in [-0.15, -0.1) is 44.1 Å². The van der Waals surface area contributed by atoms with E-state index in [0.717, 1.165) is 0 Å². The van der Waals surface area contributed by atoms with Crippen LogP contribution in [0.5, 0.6) is 0 Å². The lowest BCUT2D eigenvalue weighted by molar-refractivity contribution is 1.59. The van der Waals surface area contributed by atoms with E-state index >= 15 is 0 Å². The molecule has 0 aliphatic heterocycles. The van der Waals surface area contributed by atoms with Crippen LogP contribution in [0.3, 0.4) is 0 Å². The van der Waals surface area contributed by atoms with Gasteiger partial charge in [-0.25, -0.2) is 0 Å². The van der Waals surface area contributed by atoms with Crippen molar-refractivity contribution in [1.82, 2.24) is 4.98 Å². The number of thiophene rings is 1. The number of H-pyrrole nitrogens is 1. The van der Waals surface area contributed by atoms with Crippen molar-refractivity contribution in [2.75, 3.05) is 0 Å². The normalized spacial score (nSPS) is 11.8. The summed E-state index contributed by atoms with van der Waals surface area (Å²) in [6.45, 7) is 0. The van der Waals surface area contributed by atoms with Gasteiger partial charge in [-0.2, -0.15) is 0 Å². The third-order valence-electron chi connectivity index (χ3n) is 14.0. The van der Waals surface area contributed by atoms with E-state index in [4.69, 9.17) is 0 Å². The quantitative estimate of drug-likeness (QED) is 0.182.